The van der Waals surface area contributed by atoms with E-state index in [0.29, 0.717) is 24.2 Å². The molecule has 6 aliphatic rings. The highest BCUT2D eigenvalue weighted by atomic mass is 16.3. The van der Waals surface area contributed by atoms with Gasteiger partial charge < -0.3 is 14.9 Å². The Hall–Kier alpha value is -0.650. The predicted molar refractivity (Wildman–Crippen MR) is 105 cm³/mol. The second-order valence-electron chi connectivity index (χ2n) is 11.1. The number of amides is 1. The quantitative estimate of drug-likeness (QED) is 0.801. The van der Waals surface area contributed by atoms with E-state index in [4.69, 9.17) is 0 Å². The lowest BCUT2D eigenvalue weighted by Gasteiger charge is -2.60. The Labute approximate surface area is 164 Å². The molecular formula is C22H37N3O2. The van der Waals surface area contributed by atoms with Crippen molar-refractivity contribution < 1.29 is 9.90 Å². The third-order valence-corrected chi connectivity index (χ3v) is 8.95. The fourth-order valence-electron chi connectivity index (χ4n) is 7.89. The molecule has 0 aromatic carbocycles. The summed E-state index contributed by atoms with van der Waals surface area (Å²) in [4.78, 5) is 20.5. The topological polar surface area (TPSA) is 47.0 Å². The minimum absolute atomic E-state index is 0.0964. The van der Waals surface area contributed by atoms with E-state index in [2.05, 4.69) is 28.8 Å². The molecule has 0 aromatic heterocycles. The van der Waals surface area contributed by atoms with Gasteiger partial charge in [-0.15, -0.1) is 0 Å². The fraction of sp³-hybridized carbons (Fsp3) is 0.955. The van der Waals surface area contributed by atoms with Crippen molar-refractivity contribution in [3.63, 3.8) is 0 Å². The smallest absolute Gasteiger partial charge is 0.223 e. The fourth-order valence-corrected chi connectivity index (χ4v) is 7.89. The summed E-state index contributed by atoms with van der Waals surface area (Å²) in [5, 5.41) is 11.0. The number of likely N-dealkylation sites (N-methyl/N-ethyl adjacent to an activating group) is 1. The van der Waals surface area contributed by atoms with Crippen LogP contribution in [0.5, 0.6) is 0 Å². The van der Waals surface area contributed by atoms with Gasteiger partial charge in [-0.2, -0.15) is 0 Å². The highest BCUT2D eigenvalue weighted by molar-refractivity contribution is 5.77. The number of carbonyl (C=O) groups is 1. The van der Waals surface area contributed by atoms with E-state index >= 15 is 0 Å². The summed E-state index contributed by atoms with van der Waals surface area (Å²) in [6.07, 6.45) is 9.53. The number of hydrogen-bond acceptors (Lipinski definition) is 4. The van der Waals surface area contributed by atoms with E-state index in [0.717, 1.165) is 52.0 Å². The Bertz CT molecular complexity index is 599. The Kier molecular flexibility index (Phi) is 4.20. The minimum atomic E-state index is -0.457. The van der Waals surface area contributed by atoms with Gasteiger partial charge >= 0.3 is 0 Å². The number of hydrogen-bond donors (Lipinski definition) is 1. The SMILES string of the molecule is CN1CCC2(CC1)CN(C(=O)CC13C[C@@H]4C[C@@H](CC(O)(C4)C1)C3)CCN2C. The van der Waals surface area contributed by atoms with Crippen LogP contribution in [0.1, 0.15) is 57.8 Å². The standard InChI is InChI=1S/C22H37N3O2/c1-23-5-3-21(4-6-23)16-25(8-7-24(21)2)19(26)14-20-10-17-9-18(11-20)13-22(27,12-17)15-20/h17-18,27H,3-16H2,1-2H3/t17-,18+,20?,22?. The maximum atomic E-state index is 13.4. The van der Waals surface area contributed by atoms with E-state index in [1.807, 2.05) is 0 Å². The average Bonchev–Trinajstić information content (AvgIpc) is 2.57. The van der Waals surface area contributed by atoms with E-state index in [1.165, 1.54) is 32.1 Å². The summed E-state index contributed by atoms with van der Waals surface area (Å²) < 4.78 is 0. The monoisotopic (exact) mass is 375 g/mol. The van der Waals surface area contributed by atoms with Gasteiger partial charge in [-0.3, -0.25) is 9.69 Å². The van der Waals surface area contributed by atoms with E-state index < -0.39 is 5.60 Å². The zero-order chi connectivity index (χ0) is 18.9. The first kappa shape index (κ1) is 18.4. The third-order valence-electron chi connectivity index (χ3n) is 8.95. The van der Waals surface area contributed by atoms with Gasteiger partial charge in [0.1, 0.15) is 0 Å². The lowest BCUT2D eigenvalue weighted by molar-refractivity contribution is -0.173. The van der Waals surface area contributed by atoms with Crippen LogP contribution < -0.4 is 0 Å². The van der Waals surface area contributed by atoms with Crippen LogP contribution in [0.3, 0.4) is 0 Å². The summed E-state index contributed by atoms with van der Waals surface area (Å²) in [5.41, 5.74) is -0.180. The van der Waals surface area contributed by atoms with Crippen molar-refractivity contribution in [2.75, 3.05) is 46.8 Å². The van der Waals surface area contributed by atoms with Crippen molar-refractivity contribution in [1.82, 2.24) is 14.7 Å². The molecule has 4 saturated carbocycles. The van der Waals surface area contributed by atoms with Crippen molar-refractivity contribution in [3.05, 3.63) is 0 Å². The van der Waals surface area contributed by atoms with Crippen molar-refractivity contribution in [1.29, 1.82) is 0 Å². The summed E-state index contributed by atoms with van der Waals surface area (Å²) in [6, 6.07) is 0. The average molecular weight is 376 g/mol. The van der Waals surface area contributed by atoms with Gasteiger partial charge in [-0.25, -0.2) is 0 Å². The number of likely N-dealkylation sites (tertiary alicyclic amines) is 1. The van der Waals surface area contributed by atoms with Gasteiger partial charge in [-0.1, -0.05) is 0 Å². The maximum Gasteiger partial charge on any atom is 0.223 e. The molecule has 27 heavy (non-hydrogen) atoms. The molecular weight excluding hydrogens is 338 g/mol. The summed E-state index contributed by atoms with van der Waals surface area (Å²) >= 11 is 0. The molecule has 2 unspecified atom stereocenters. The number of piperazine rings is 1. The first-order valence-electron chi connectivity index (χ1n) is 11.2. The van der Waals surface area contributed by atoms with Crippen LogP contribution in [0.2, 0.25) is 0 Å². The molecule has 6 rings (SSSR count). The van der Waals surface area contributed by atoms with Crippen molar-refractivity contribution in [2.45, 2.75) is 68.9 Å². The first-order chi connectivity index (χ1) is 12.8. The Morgan fingerprint density at radius 1 is 1.00 bits per heavy atom. The Balaban J connectivity index is 1.29. The second-order valence-corrected chi connectivity index (χ2v) is 11.1. The molecule has 5 nitrogen and oxygen atoms in total. The van der Waals surface area contributed by atoms with Gasteiger partial charge in [0.25, 0.3) is 0 Å². The lowest BCUT2D eigenvalue weighted by Crippen LogP contribution is -2.65. The number of carbonyl (C=O) groups excluding carboxylic acids is 1. The maximum absolute atomic E-state index is 13.4. The predicted octanol–water partition coefficient (Wildman–Crippen LogP) is 1.95. The second kappa shape index (κ2) is 6.17. The highest BCUT2D eigenvalue weighted by Crippen LogP contribution is 2.63. The molecule has 4 atom stereocenters. The van der Waals surface area contributed by atoms with Gasteiger partial charge in [0, 0.05) is 31.6 Å². The van der Waals surface area contributed by atoms with Gasteiger partial charge in [0.05, 0.1) is 5.60 Å². The van der Waals surface area contributed by atoms with Crippen LogP contribution in [0.25, 0.3) is 0 Å². The lowest BCUT2D eigenvalue weighted by atomic mass is 9.47. The Morgan fingerprint density at radius 2 is 1.67 bits per heavy atom. The van der Waals surface area contributed by atoms with E-state index in [1.54, 1.807) is 0 Å². The molecule has 0 aromatic rings. The van der Waals surface area contributed by atoms with Gasteiger partial charge in [0.2, 0.25) is 5.91 Å². The molecule has 1 amide bonds. The molecule has 5 heteroatoms. The molecule has 1 N–H and O–H groups in total. The zero-order valence-corrected chi connectivity index (χ0v) is 17.3. The number of aliphatic hydroxyl groups is 1. The van der Waals surface area contributed by atoms with Crippen LogP contribution in [-0.4, -0.2) is 83.7 Å². The molecule has 2 heterocycles. The zero-order valence-electron chi connectivity index (χ0n) is 17.3. The van der Waals surface area contributed by atoms with Crippen molar-refractivity contribution in [2.24, 2.45) is 17.3 Å². The van der Waals surface area contributed by atoms with Crippen LogP contribution in [0, 0.1) is 17.3 Å². The van der Waals surface area contributed by atoms with Crippen LogP contribution >= 0.6 is 0 Å². The molecule has 1 spiro atoms. The first-order valence-corrected chi connectivity index (χ1v) is 11.2. The minimum Gasteiger partial charge on any atom is -0.390 e. The molecule has 2 aliphatic heterocycles. The summed E-state index contributed by atoms with van der Waals surface area (Å²) in [6.45, 7) is 5.04. The van der Waals surface area contributed by atoms with E-state index in [-0.39, 0.29) is 11.0 Å². The highest BCUT2D eigenvalue weighted by Gasteiger charge is 2.58. The summed E-state index contributed by atoms with van der Waals surface area (Å²) in [7, 11) is 4.46. The third kappa shape index (κ3) is 3.14. The number of rotatable bonds is 2. The van der Waals surface area contributed by atoms with E-state index in [9.17, 15) is 9.90 Å². The van der Waals surface area contributed by atoms with Gasteiger partial charge in [-0.05, 0) is 95.8 Å². The van der Waals surface area contributed by atoms with Crippen molar-refractivity contribution >= 4 is 5.91 Å². The Morgan fingerprint density at radius 3 is 2.30 bits per heavy atom. The molecule has 152 valence electrons. The normalized spacial score (nSPS) is 44.2. The number of piperidine rings is 1. The van der Waals surface area contributed by atoms with Crippen LogP contribution in [0.4, 0.5) is 0 Å². The number of nitrogens with zero attached hydrogens (tertiary/aromatic N) is 3. The van der Waals surface area contributed by atoms with Crippen molar-refractivity contribution in [3.8, 4) is 0 Å². The van der Waals surface area contributed by atoms with Gasteiger partial charge in [0.15, 0.2) is 0 Å². The molecule has 4 aliphatic carbocycles. The van der Waals surface area contributed by atoms with Crippen LogP contribution in [-0.2, 0) is 4.79 Å². The summed E-state index contributed by atoms with van der Waals surface area (Å²) in [5.74, 6) is 1.69. The largest absolute Gasteiger partial charge is 0.390 e. The molecule has 0 radical (unpaired) electrons. The molecule has 6 fully saturated rings. The van der Waals surface area contributed by atoms with Crippen LogP contribution in [0.15, 0.2) is 0 Å². The molecule has 2 saturated heterocycles. The molecule has 4 bridgehead atoms.